The van der Waals surface area contributed by atoms with Gasteiger partial charge < -0.3 is 10.2 Å². The second kappa shape index (κ2) is 6.21. The van der Waals surface area contributed by atoms with Crippen molar-refractivity contribution in [1.82, 2.24) is 10.2 Å². The topological polar surface area (TPSA) is 15.3 Å². The Balaban J connectivity index is 2.11. The molecule has 2 heteroatoms. The Labute approximate surface area is 75.6 Å². The molecule has 0 unspecified atom stereocenters. The maximum absolute atomic E-state index is 3.41. The fourth-order valence-corrected chi connectivity index (χ4v) is 1.55. The third kappa shape index (κ3) is 3.88. The molecule has 70 valence electrons. The lowest BCUT2D eigenvalue weighted by Gasteiger charge is -2.17. The fraction of sp³-hybridized carbons (Fsp3) is 0.800. The molecule has 1 rings (SSSR count). The van der Waals surface area contributed by atoms with Crippen LogP contribution in [0, 0.1) is 0 Å². The molecule has 0 radical (unpaired) electrons. The van der Waals surface area contributed by atoms with E-state index in [2.05, 4.69) is 29.3 Å². The minimum absolute atomic E-state index is 1.16. The number of nitrogens with one attached hydrogen (secondary N) is 1. The van der Waals surface area contributed by atoms with E-state index in [1.54, 1.807) is 0 Å². The zero-order valence-electron chi connectivity index (χ0n) is 8.05. The maximum Gasteiger partial charge on any atom is 0.0107 e. The first-order chi connectivity index (χ1) is 5.93. The highest BCUT2D eigenvalue weighted by molar-refractivity contribution is 4.78. The number of allylic oxidation sites excluding steroid dienone is 1. The van der Waals surface area contributed by atoms with Crippen LogP contribution >= 0.6 is 0 Å². The van der Waals surface area contributed by atoms with Crippen LogP contribution in [-0.4, -0.2) is 37.6 Å². The predicted octanol–water partition coefficient (Wildman–Crippen LogP) is 1.25. The zero-order valence-corrected chi connectivity index (χ0v) is 8.05. The van der Waals surface area contributed by atoms with Crippen molar-refractivity contribution in [3.63, 3.8) is 0 Å². The van der Waals surface area contributed by atoms with E-state index in [0.717, 1.165) is 6.54 Å². The molecule has 0 saturated carbocycles. The second-order valence-electron chi connectivity index (χ2n) is 3.30. The van der Waals surface area contributed by atoms with Gasteiger partial charge in [0.1, 0.15) is 0 Å². The normalized spacial score (nSPS) is 21.4. The fourth-order valence-electron chi connectivity index (χ4n) is 1.55. The van der Waals surface area contributed by atoms with Crippen molar-refractivity contribution in [2.24, 2.45) is 0 Å². The van der Waals surface area contributed by atoms with Crippen LogP contribution in [0.3, 0.4) is 0 Å². The number of hydrogen-bond donors (Lipinski definition) is 1. The van der Waals surface area contributed by atoms with E-state index in [9.17, 15) is 0 Å². The molecule has 1 fully saturated rings. The molecule has 0 spiro atoms. The maximum atomic E-state index is 3.41. The molecule has 12 heavy (non-hydrogen) atoms. The third-order valence-electron chi connectivity index (χ3n) is 2.28. The van der Waals surface area contributed by atoms with Crippen molar-refractivity contribution in [3.8, 4) is 0 Å². The van der Waals surface area contributed by atoms with E-state index in [1.807, 2.05) is 0 Å². The van der Waals surface area contributed by atoms with Gasteiger partial charge in [-0.1, -0.05) is 12.2 Å². The number of nitrogens with zero attached hydrogens (tertiary/aromatic N) is 1. The van der Waals surface area contributed by atoms with Gasteiger partial charge >= 0.3 is 0 Å². The molecule has 1 aliphatic rings. The monoisotopic (exact) mass is 168 g/mol. The third-order valence-corrected chi connectivity index (χ3v) is 2.28. The van der Waals surface area contributed by atoms with Crippen molar-refractivity contribution in [1.29, 1.82) is 0 Å². The van der Waals surface area contributed by atoms with Crippen molar-refractivity contribution < 1.29 is 0 Å². The largest absolute Gasteiger partial charge is 0.315 e. The molecular weight excluding hydrogens is 148 g/mol. The lowest BCUT2D eigenvalue weighted by molar-refractivity contribution is 0.298. The first kappa shape index (κ1) is 9.75. The first-order valence-corrected chi connectivity index (χ1v) is 4.97. The van der Waals surface area contributed by atoms with E-state index >= 15 is 0 Å². The summed E-state index contributed by atoms with van der Waals surface area (Å²) in [6.07, 6.45) is 6.89. The molecule has 1 aliphatic heterocycles. The Kier molecular flexibility index (Phi) is 5.04. The van der Waals surface area contributed by atoms with Gasteiger partial charge in [-0.3, -0.25) is 0 Å². The quantitative estimate of drug-likeness (QED) is 0.638. The van der Waals surface area contributed by atoms with Gasteiger partial charge in [0.05, 0.1) is 0 Å². The van der Waals surface area contributed by atoms with Gasteiger partial charge in [0, 0.05) is 19.6 Å². The lowest BCUT2D eigenvalue weighted by atomic mass is 10.3. The standard InChI is InChI=1S/C10H20N2/c1-2-3-4-8-12-9-5-6-11-7-10-12/h2-3,11H,4-10H2,1H3/b3-2+. The van der Waals surface area contributed by atoms with Crippen molar-refractivity contribution in [3.05, 3.63) is 12.2 Å². The van der Waals surface area contributed by atoms with Crippen LogP contribution < -0.4 is 5.32 Å². The average molecular weight is 168 g/mol. The smallest absolute Gasteiger partial charge is 0.0107 e. The second-order valence-corrected chi connectivity index (χ2v) is 3.30. The van der Waals surface area contributed by atoms with Gasteiger partial charge in [-0.2, -0.15) is 0 Å². The molecule has 1 saturated heterocycles. The molecule has 1 heterocycles. The van der Waals surface area contributed by atoms with Gasteiger partial charge in [-0.25, -0.2) is 0 Å². The van der Waals surface area contributed by atoms with Crippen LogP contribution in [0.5, 0.6) is 0 Å². The molecule has 0 amide bonds. The number of rotatable bonds is 3. The van der Waals surface area contributed by atoms with Crippen LogP contribution in [0.25, 0.3) is 0 Å². The molecular formula is C10H20N2. The molecule has 0 aromatic carbocycles. The van der Waals surface area contributed by atoms with Crippen LogP contribution in [0.4, 0.5) is 0 Å². The van der Waals surface area contributed by atoms with E-state index in [0.29, 0.717) is 0 Å². The van der Waals surface area contributed by atoms with Gasteiger partial charge in [0.15, 0.2) is 0 Å². The molecule has 2 nitrogen and oxygen atoms in total. The summed E-state index contributed by atoms with van der Waals surface area (Å²) in [6.45, 7) is 8.16. The van der Waals surface area contributed by atoms with E-state index < -0.39 is 0 Å². The Morgan fingerprint density at radius 2 is 2.25 bits per heavy atom. The summed E-state index contributed by atoms with van der Waals surface area (Å²) in [5, 5.41) is 3.41. The lowest BCUT2D eigenvalue weighted by Crippen LogP contribution is -2.28. The average Bonchev–Trinajstić information content (AvgIpc) is 2.33. The molecule has 0 atom stereocenters. The Hall–Kier alpha value is -0.340. The van der Waals surface area contributed by atoms with Gasteiger partial charge in [0.2, 0.25) is 0 Å². The van der Waals surface area contributed by atoms with Crippen LogP contribution in [-0.2, 0) is 0 Å². The summed E-state index contributed by atoms with van der Waals surface area (Å²) in [7, 11) is 0. The summed E-state index contributed by atoms with van der Waals surface area (Å²) in [6, 6.07) is 0. The number of hydrogen-bond acceptors (Lipinski definition) is 2. The highest BCUT2D eigenvalue weighted by Gasteiger charge is 2.05. The van der Waals surface area contributed by atoms with Gasteiger partial charge in [0.25, 0.3) is 0 Å². The molecule has 0 aromatic heterocycles. The van der Waals surface area contributed by atoms with Crippen molar-refractivity contribution in [2.75, 3.05) is 32.7 Å². The molecule has 0 aliphatic carbocycles. The van der Waals surface area contributed by atoms with Gasteiger partial charge in [-0.05, 0) is 32.9 Å². The van der Waals surface area contributed by atoms with Crippen LogP contribution in [0.1, 0.15) is 19.8 Å². The predicted molar refractivity (Wildman–Crippen MR) is 53.4 cm³/mol. The molecule has 0 aromatic rings. The Morgan fingerprint density at radius 1 is 1.33 bits per heavy atom. The van der Waals surface area contributed by atoms with E-state index in [-0.39, 0.29) is 0 Å². The SMILES string of the molecule is C/C=C/CCN1CCCNCC1. The Morgan fingerprint density at radius 3 is 3.08 bits per heavy atom. The summed E-state index contributed by atoms with van der Waals surface area (Å²) >= 11 is 0. The van der Waals surface area contributed by atoms with E-state index in [1.165, 1.54) is 39.0 Å². The van der Waals surface area contributed by atoms with Gasteiger partial charge in [-0.15, -0.1) is 0 Å². The first-order valence-electron chi connectivity index (χ1n) is 4.97. The van der Waals surface area contributed by atoms with Crippen LogP contribution in [0.2, 0.25) is 0 Å². The highest BCUT2D eigenvalue weighted by atomic mass is 15.1. The molecule has 0 bridgehead atoms. The summed E-state index contributed by atoms with van der Waals surface area (Å²) in [5.74, 6) is 0. The summed E-state index contributed by atoms with van der Waals surface area (Å²) in [4.78, 5) is 2.54. The summed E-state index contributed by atoms with van der Waals surface area (Å²) in [5.41, 5.74) is 0. The summed E-state index contributed by atoms with van der Waals surface area (Å²) < 4.78 is 0. The van der Waals surface area contributed by atoms with E-state index in [4.69, 9.17) is 0 Å². The Bertz CT molecular complexity index is 124. The van der Waals surface area contributed by atoms with Crippen LogP contribution in [0.15, 0.2) is 12.2 Å². The van der Waals surface area contributed by atoms with Crippen molar-refractivity contribution >= 4 is 0 Å². The highest BCUT2D eigenvalue weighted by Crippen LogP contribution is 1.97. The van der Waals surface area contributed by atoms with Crippen molar-refractivity contribution in [2.45, 2.75) is 19.8 Å². The minimum atomic E-state index is 1.16. The zero-order chi connectivity index (χ0) is 8.65. The molecule has 1 N–H and O–H groups in total. The minimum Gasteiger partial charge on any atom is -0.315 e.